The number of pyridine rings is 1. The molecular weight excluding hydrogens is 310 g/mol. The number of fused-ring (bicyclic) bond motifs is 1. The number of anilines is 2. The number of halogens is 1. The van der Waals surface area contributed by atoms with Gasteiger partial charge in [0.1, 0.15) is 0 Å². The Balaban J connectivity index is 2.30. The Morgan fingerprint density at radius 1 is 1.53 bits per heavy atom. The molecule has 1 unspecified atom stereocenters. The van der Waals surface area contributed by atoms with Crippen molar-refractivity contribution in [2.45, 2.75) is 6.10 Å². The number of rotatable bonds is 5. The molecule has 2 aromatic rings. The van der Waals surface area contributed by atoms with Crippen molar-refractivity contribution in [2.75, 3.05) is 31.3 Å². The maximum absolute atomic E-state index is 9.67. The lowest BCUT2D eigenvalue weighted by atomic mass is 10.1. The Labute approximate surface area is 119 Å². The van der Waals surface area contributed by atoms with E-state index >= 15 is 0 Å². The molecule has 5 nitrogen and oxygen atoms in total. The van der Waals surface area contributed by atoms with E-state index in [4.69, 9.17) is 10.5 Å². The van der Waals surface area contributed by atoms with Crippen LogP contribution in [0.15, 0.2) is 28.9 Å². The molecule has 0 saturated heterocycles. The molecule has 0 radical (unpaired) electrons. The molecule has 4 N–H and O–H groups in total. The summed E-state index contributed by atoms with van der Waals surface area (Å²) < 4.78 is 5.84. The van der Waals surface area contributed by atoms with E-state index in [0.29, 0.717) is 12.2 Å². The summed E-state index contributed by atoms with van der Waals surface area (Å²) in [5.74, 6) is 0. The molecule has 1 atom stereocenters. The Morgan fingerprint density at radius 2 is 2.32 bits per heavy atom. The van der Waals surface area contributed by atoms with Crippen LogP contribution in [0.1, 0.15) is 0 Å². The molecule has 1 heterocycles. The predicted octanol–water partition coefficient (Wildman–Crippen LogP) is 2.00. The Morgan fingerprint density at radius 3 is 3.05 bits per heavy atom. The normalized spacial score (nSPS) is 12.6. The molecule has 0 aliphatic heterocycles. The Kier molecular flexibility index (Phi) is 4.57. The minimum absolute atomic E-state index is 0.277. The number of nitrogen functional groups attached to an aromatic ring is 1. The van der Waals surface area contributed by atoms with Crippen LogP contribution in [0.25, 0.3) is 10.9 Å². The van der Waals surface area contributed by atoms with Crippen LogP contribution < -0.4 is 11.1 Å². The standard InChI is InChI=1S/C13H16BrN3O2/c1-19-7-9(18)5-17-13-10-4-8(14)2-3-12(10)16-6-11(13)15/h2-4,6,9,18H,5,7,15H2,1H3,(H,16,17). The van der Waals surface area contributed by atoms with Gasteiger partial charge in [0.2, 0.25) is 0 Å². The molecule has 19 heavy (non-hydrogen) atoms. The highest BCUT2D eigenvalue weighted by molar-refractivity contribution is 9.10. The first-order valence-corrected chi connectivity index (χ1v) is 6.65. The highest BCUT2D eigenvalue weighted by Gasteiger charge is 2.09. The van der Waals surface area contributed by atoms with Gasteiger partial charge in [-0.2, -0.15) is 0 Å². The molecule has 2 rings (SSSR count). The molecule has 6 heteroatoms. The molecule has 1 aromatic heterocycles. The quantitative estimate of drug-likeness (QED) is 0.783. The summed E-state index contributed by atoms with van der Waals surface area (Å²) in [5.41, 5.74) is 8.12. The first-order chi connectivity index (χ1) is 9.11. The molecule has 0 saturated carbocycles. The smallest absolute Gasteiger partial charge is 0.0945 e. The van der Waals surface area contributed by atoms with Crippen molar-refractivity contribution in [3.05, 3.63) is 28.9 Å². The van der Waals surface area contributed by atoms with Crippen LogP contribution in [0.3, 0.4) is 0 Å². The number of ether oxygens (including phenoxy) is 1. The van der Waals surface area contributed by atoms with Crippen LogP contribution >= 0.6 is 15.9 Å². The summed E-state index contributed by atoms with van der Waals surface area (Å²) >= 11 is 3.43. The van der Waals surface area contributed by atoms with Crippen molar-refractivity contribution in [1.29, 1.82) is 0 Å². The van der Waals surface area contributed by atoms with E-state index in [9.17, 15) is 5.11 Å². The van der Waals surface area contributed by atoms with Gasteiger partial charge in [0.25, 0.3) is 0 Å². The molecule has 0 spiro atoms. The second kappa shape index (κ2) is 6.18. The predicted molar refractivity (Wildman–Crippen MR) is 80.2 cm³/mol. The van der Waals surface area contributed by atoms with E-state index in [1.807, 2.05) is 18.2 Å². The van der Waals surface area contributed by atoms with Gasteiger partial charge in [-0.1, -0.05) is 15.9 Å². The van der Waals surface area contributed by atoms with Crippen LogP contribution in [0.2, 0.25) is 0 Å². The fraction of sp³-hybridized carbons (Fsp3) is 0.308. The zero-order chi connectivity index (χ0) is 13.8. The second-order valence-electron chi connectivity index (χ2n) is 4.24. The average Bonchev–Trinajstić information content (AvgIpc) is 2.38. The summed E-state index contributed by atoms with van der Waals surface area (Å²) in [6.07, 6.45) is 1.03. The van der Waals surface area contributed by atoms with E-state index < -0.39 is 6.10 Å². The summed E-state index contributed by atoms with van der Waals surface area (Å²) in [6, 6.07) is 5.79. The van der Waals surface area contributed by atoms with Gasteiger partial charge in [0.15, 0.2) is 0 Å². The summed E-state index contributed by atoms with van der Waals surface area (Å²) in [4.78, 5) is 4.27. The molecule has 0 aliphatic carbocycles. The molecule has 1 aromatic carbocycles. The van der Waals surface area contributed by atoms with E-state index in [2.05, 4.69) is 26.2 Å². The minimum Gasteiger partial charge on any atom is -0.396 e. The van der Waals surface area contributed by atoms with Gasteiger partial charge >= 0.3 is 0 Å². The number of aliphatic hydroxyl groups is 1. The lowest BCUT2D eigenvalue weighted by Gasteiger charge is -2.15. The number of methoxy groups -OCH3 is 1. The van der Waals surface area contributed by atoms with Crippen LogP contribution in [0, 0.1) is 0 Å². The minimum atomic E-state index is -0.584. The Hall–Kier alpha value is -1.37. The zero-order valence-corrected chi connectivity index (χ0v) is 12.1. The van der Waals surface area contributed by atoms with Gasteiger partial charge in [-0.15, -0.1) is 0 Å². The lowest BCUT2D eigenvalue weighted by molar-refractivity contribution is 0.0728. The van der Waals surface area contributed by atoms with Gasteiger partial charge < -0.3 is 20.9 Å². The van der Waals surface area contributed by atoms with E-state index in [1.54, 1.807) is 13.3 Å². The van der Waals surface area contributed by atoms with Crippen LogP contribution in [-0.4, -0.2) is 36.5 Å². The van der Waals surface area contributed by atoms with Gasteiger partial charge in [0, 0.05) is 23.5 Å². The van der Waals surface area contributed by atoms with Gasteiger partial charge in [-0.05, 0) is 18.2 Å². The second-order valence-corrected chi connectivity index (χ2v) is 5.16. The maximum Gasteiger partial charge on any atom is 0.0945 e. The first-order valence-electron chi connectivity index (χ1n) is 5.86. The topological polar surface area (TPSA) is 80.4 Å². The third-order valence-corrected chi connectivity index (χ3v) is 3.23. The van der Waals surface area contributed by atoms with Crippen LogP contribution in [0.5, 0.6) is 0 Å². The summed E-state index contributed by atoms with van der Waals surface area (Å²) in [6.45, 7) is 0.642. The van der Waals surface area contributed by atoms with Crippen molar-refractivity contribution in [3.63, 3.8) is 0 Å². The third kappa shape index (κ3) is 3.34. The van der Waals surface area contributed by atoms with Crippen LogP contribution in [0.4, 0.5) is 11.4 Å². The van der Waals surface area contributed by atoms with Crippen molar-refractivity contribution in [2.24, 2.45) is 0 Å². The number of aliphatic hydroxyl groups excluding tert-OH is 1. The van der Waals surface area contributed by atoms with E-state index in [-0.39, 0.29) is 6.61 Å². The summed E-state index contributed by atoms with van der Waals surface area (Å²) in [7, 11) is 1.55. The van der Waals surface area contributed by atoms with Crippen molar-refractivity contribution < 1.29 is 9.84 Å². The maximum atomic E-state index is 9.67. The van der Waals surface area contributed by atoms with Gasteiger partial charge in [-0.3, -0.25) is 4.98 Å². The van der Waals surface area contributed by atoms with Crippen molar-refractivity contribution in [3.8, 4) is 0 Å². The SMILES string of the molecule is COCC(O)CNc1c(N)cnc2ccc(Br)cc12. The number of nitrogens with zero attached hydrogens (tertiary/aromatic N) is 1. The Bertz CT molecular complexity index is 572. The largest absolute Gasteiger partial charge is 0.396 e. The molecule has 0 aliphatic rings. The van der Waals surface area contributed by atoms with Crippen molar-refractivity contribution in [1.82, 2.24) is 4.98 Å². The summed E-state index contributed by atoms with van der Waals surface area (Å²) in [5, 5.41) is 13.7. The monoisotopic (exact) mass is 325 g/mol. The molecule has 0 bridgehead atoms. The first kappa shape index (κ1) is 14.0. The molecule has 0 fully saturated rings. The fourth-order valence-corrected chi connectivity index (χ4v) is 2.21. The molecular formula is C13H16BrN3O2. The highest BCUT2D eigenvalue weighted by atomic mass is 79.9. The highest BCUT2D eigenvalue weighted by Crippen LogP contribution is 2.29. The number of aromatic nitrogens is 1. The van der Waals surface area contributed by atoms with Crippen LogP contribution in [-0.2, 0) is 4.74 Å². The number of hydrogen-bond acceptors (Lipinski definition) is 5. The number of nitrogens with two attached hydrogens (primary N) is 1. The zero-order valence-electron chi connectivity index (χ0n) is 10.6. The third-order valence-electron chi connectivity index (χ3n) is 2.73. The van der Waals surface area contributed by atoms with Gasteiger partial charge in [-0.25, -0.2) is 0 Å². The van der Waals surface area contributed by atoms with Crippen molar-refractivity contribution >= 4 is 38.2 Å². The number of nitrogens with one attached hydrogen (secondary N) is 1. The average molecular weight is 326 g/mol. The molecule has 0 amide bonds. The lowest BCUT2D eigenvalue weighted by Crippen LogP contribution is -2.24. The fourth-order valence-electron chi connectivity index (χ4n) is 1.85. The van der Waals surface area contributed by atoms with E-state index in [1.165, 1.54) is 0 Å². The van der Waals surface area contributed by atoms with E-state index in [0.717, 1.165) is 21.1 Å². The number of benzene rings is 1. The number of hydrogen-bond donors (Lipinski definition) is 3. The van der Waals surface area contributed by atoms with Gasteiger partial charge in [0.05, 0.1) is 35.8 Å². The molecule has 102 valence electrons.